The average Bonchev–Trinajstić information content (AvgIpc) is 2.33. The molecule has 0 bridgehead atoms. The lowest BCUT2D eigenvalue weighted by atomic mass is 10.1. The molecule has 0 fully saturated rings. The summed E-state index contributed by atoms with van der Waals surface area (Å²) in [6.45, 7) is 4.84. The second kappa shape index (κ2) is 6.37. The van der Waals surface area contributed by atoms with Crippen molar-refractivity contribution in [1.29, 1.82) is 5.26 Å². The maximum absolute atomic E-state index is 12.0. The number of hydrogen-bond acceptors (Lipinski definition) is 5. The van der Waals surface area contributed by atoms with Crippen LogP contribution in [-0.4, -0.2) is 27.2 Å². The lowest BCUT2D eigenvalue weighted by Gasteiger charge is -2.20. The second-order valence-electron chi connectivity index (χ2n) is 4.53. The van der Waals surface area contributed by atoms with Crippen LogP contribution in [-0.2, 0) is 11.3 Å². The van der Waals surface area contributed by atoms with Crippen LogP contribution in [0.25, 0.3) is 0 Å². The molecule has 20 heavy (non-hydrogen) atoms. The van der Waals surface area contributed by atoms with Gasteiger partial charge in [0.15, 0.2) is 11.7 Å². The fourth-order valence-corrected chi connectivity index (χ4v) is 1.80. The van der Waals surface area contributed by atoms with Crippen molar-refractivity contribution in [3.63, 3.8) is 0 Å². The highest BCUT2D eigenvalue weighted by Gasteiger charge is 2.17. The van der Waals surface area contributed by atoms with Crippen LogP contribution < -0.4 is 5.56 Å². The van der Waals surface area contributed by atoms with E-state index in [2.05, 4.69) is 0 Å². The number of nitrogens with zero attached hydrogens (tertiary/aromatic N) is 2. The van der Waals surface area contributed by atoms with E-state index in [1.54, 1.807) is 19.9 Å². The molecule has 1 aromatic heterocycles. The summed E-state index contributed by atoms with van der Waals surface area (Å²) in [5, 5.41) is 28.4. The molecule has 1 aromatic rings. The van der Waals surface area contributed by atoms with Gasteiger partial charge in [-0.3, -0.25) is 9.36 Å². The first kappa shape index (κ1) is 16.0. The first-order valence-corrected chi connectivity index (χ1v) is 6.16. The predicted octanol–water partition coefficient (Wildman–Crippen LogP) is 1.04. The third kappa shape index (κ3) is 3.70. The Labute approximate surface area is 117 Å². The maximum Gasteiger partial charge on any atom is 0.271 e. The number of nitriles is 1. The van der Waals surface area contributed by atoms with E-state index in [1.165, 1.54) is 19.1 Å². The lowest BCUT2D eigenvalue weighted by Crippen LogP contribution is -2.30. The SMILES string of the molecule is C/C=C/C(C)(O)OCCn1c(O)cc(C)c(C#N)c1=O. The minimum atomic E-state index is -1.43. The number of aromatic hydroxyl groups is 1. The molecule has 0 spiro atoms. The van der Waals surface area contributed by atoms with Crippen LogP contribution in [0.2, 0.25) is 0 Å². The maximum atomic E-state index is 12.0. The van der Waals surface area contributed by atoms with Gasteiger partial charge in [0.1, 0.15) is 11.6 Å². The summed E-state index contributed by atoms with van der Waals surface area (Å²) in [6, 6.07) is 3.16. The largest absolute Gasteiger partial charge is 0.494 e. The molecule has 6 nitrogen and oxygen atoms in total. The van der Waals surface area contributed by atoms with Crippen molar-refractivity contribution >= 4 is 0 Å². The number of allylic oxidation sites excluding steroid dienone is 1. The van der Waals surface area contributed by atoms with Crippen LogP contribution in [0.5, 0.6) is 5.88 Å². The summed E-state index contributed by atoms with van der Waals surface area (Å²) in [4.78, 5) is 12.0. The van der Waals surface area contributed by atoms with Gasteiger partial charge in [0.05, 0.1) is 13.2 Å². The molecule has 0 radical (unpaired) electrons. The first-order valence-electron chi connectivity index (χ1n) is 6.16. The third-order valence-corrected chi connectivity index (χ3v) is 2.77. The monoisotopic (exact) mass is 278 g/mol. The van der Waals surface area contributed by atoms with Crippen molar-refractivity contribution in [2.75, 3.05) is 6.61 Å². The Kier molecular flexibility index (Phi) is 5.08. The minimum absolute atomic E-state index is 0.0111. The molecule has 0 saturated carbocycles. The van der Waals surface area contributed by atoms with E-state index in [0.29, 0.717) is 5.56 Å². The van der Waals surface area contributed by atoms with E-state index in [9.17, 15) is 15.0 Å². The second-order valence-corrected chi connectivity index (χ2v) is 4.53. The molecule has 108 valence electrons. The highest BCUT2D eigenvalue weighted by molar-refractivity contribution is 5.37. The normalized spacial score (nSPS) is 14.2. The summed E-state index contributed by atoms with van der Waals surface area (Å²) >= 11 is 0. The molecule has 0 aromatic carbocycles. The van der Waals surface area contributed by atoms with Gasteiger partial charge in [-0.2, -0.15) is 5.26 Å². The van der Waals surface area contributed by atoms with Crippen LogP contribution in [0.4, 0.5) is 0 Å². The number of rotatable bonds is 5. The van der Waals surface area contributed by atoms with Crippen LogP contribution in [0.3, 0.4) is 0 Å². The zero-order chi connectivity index (χ0) is 15.3. The van der Waals surface area contributed by atoms with Gasteiger partial charge in [-0.05, 0) is 32.4 Å². The van der Waals surface area contributed by atoms with Crippen molar-refractivity contribution in [2.24, 2.45) is 0 Å². The van der Waals surface area contributed by atoms with Gasteiger partial charge in [0, 0.05) is 6.07 Å². The van der Waals surface area contributed by atoms with Crippen molar-refractivity contribution in [3.05, 3.63) is 39.7 Å². The molecule has 6 heteroatoms. The molecule has 1 heterocycles. The summed E-state index contributed by atoms with van der Waals surface area (Å²) in [6.07, 6.45) is 3.11. The predicted molar refractivity (Wildman–Crippen MR) is 73.2 cm³/mol. The van der Waals surface area contributed by atoms with Gasteiger partial charge in [-0.15, -0.1) is 0 Å². The van der Waals surface area contributed by atoms with Gasteiger partial charge in [0.2, 0.25) is 0 Å². The van der Waals surface area contributed by atoms with Crippen molar-refractivity contribution in [1.82, 2.24) is 4.57 Å². The summed E-state index contributed by atoms with van der Waals surface area (Å²) in [7, 11) is 0. The topological polar surface area (TPSA) is 95.5 Å². The van der Waals surface area contributed by atoms with Crippen molar-refractivity contribution in [2.45, 2.75) is 33.1 Å². The summed E-state index contributed by atoms with van der Waals surface area (Å²) in [5.74, 6) is -1.67. The number of aromatic nitrogens is 1. The molecule has 2 N–H and O–H groups in total. The molecule has 0 saturated heterocycles. The highest BCUT2D eigenvalue weighted by atomic mass is 16.6. The van der Waals surface area contributed by atoms with E-state index >= 15 is 0 Å². The minimum Gasteiger partial charge on any atom is -0.494 e. The molecule has 1 atom stereocenters. The number of hydrogen-bond donors (Lipinski definition) is 2. The van der Waals surface area contributed by atoms with E-state index in [0.717, 1.165) is 4.57 Å². The number of aryl methyl sites for hydroxylation is 1. The zero-order valence-electron chi connectivity index (χ0n) is 11.8. The third-order valence-electron chi connectivity index (χ3n) is 2.77. The fraction of sp³-hybridized carbons (Fsp3) is 0.429. The van der Waals surface area contributed by atoms with Gasteiger partial charge >= 0.3 is 0 Å². The molecule has 0 aliphatic carbocycles. The van der Waals surface area contributed by atoms with E-state index in [-0.39, 0.29) is 24.6 Å². The van der Waals surface area contributed by atoms with E-state index < -0.39 is 11.3 Å². The Bertz CT molecular complexity index is 609. The van der Waals surface area contributed by atoms with Gasteiger partial charge in [-0.1, -0.05) is 6.08 Å². The Morgan fingerprint density at radius 2 is 2.25 bits per heavy atom. The first-order chi connectivity index (χ1) is 9.32. The smallest absolute Gasteiger partial charge is 0.271 e. The number of pyridine rings is 1. The molecular formula is C14H18N2O4. The van der Waals surface area contributed by atoms with Gasteiger partial charge in [0.25, 0.3) is 5.56 Å². The summed E-state index contributed by atoms with van der Waals surface area (Å²) < 4.78 is 6.24. The molecule has 0 aliphatic rings. The molecule has 0 aliphatic heterocycles. The zero-order valence-corrected chi connectivity index (χ0v) is 11.8. The number of aliphatic hydroxyl groups is 1. The Morgan fingerprint density at radius 1 is 1.60 bits per heavy atom. The van der Waals surface area contributed by atoms with Gasteiger partial charge < -0.3 is 14.9 Å². The molecular weight excluding hydrogens is 260 g/mol. The quantitative estimate of drug-likeness (QED) is 0.619. The van der Waals surface area contributed by atoms with Crippen LogP contribution in [0, 0.1) is 18.3 Å². The standard InChI is InChI=1S/C14H18N2O4/c1-4-5-14(3,19)20-7-6-16-12(17)8-10(2)11(9-15)13(16)18/h4-5,8,17,19H,6-7H2,1-3H3/b5-4+. The Morgan fingerprint density at radius 3 is 2.80 bits per heavy atom. The van der Waals surface area contributed by atoms with Crippen LogP contribution in [0.1, 0.15) is 25.0 Å². The fourth-order valence-electron chi connectivity index (χ4n) is 1.80. The molecule has 0 amide bonds. The van der Waals surface area contributed by atoms with Crippen molar-refractivity contribution in [3.8, 4) is 11.9 Å². The molecule has 1 rings (SSSR count). The van der Waals surface area contributed by atoms with E-state index in [1.807, 2.05) is 6.07 Å². The molecule has 1 unspecified atom stereocenters. The van der Waals surface area contributed by atoms with Crippen LogP contribution >= 0.6 is 0 Å². The Balaban J connectivity index is 2.90. The summed E-state index contributed by atoms with van der Waals surface area (Å²) in [5.41, 5.74) is -0.157. The van der Waals surface area contributed by atoms with Crippen LogP contribution in [0.15, 0.2) is 23.0 Å². The Hall–Kier alpha value is -2.10. The lowest BCUT2D eigenvalue weighted by molar-refractivity contribution is -0.154. The number of ether oxygens (including phenoxy) is 1. The highest BCUT2D eigenvalue weighted by Crippen LogP contribution is 2.13. The van der Waals surface area contributed by atoms with Gasteiger partial charge in [-0.25, -0.2) is 0 Å². The van der Waals surface area contributed by atoms with Crippen molar-refractivity contribution < 1.29 is 14.9 Å². The van der Waals surface area contributed by atoms with E-state index in [4.69, 9.17) is 10.00 Å². The average molecular weight is 278 g/mol.